The van der Waals surface area contributed by atoms with Crippen LogP contribution in [0.1, 0.15) is 20.8 Å². The Bertz CT molecular complexity index is 879. The van der Waals surface area contributed by atoms with E-state index in [-0.39, 0.29) is 6.54 Å². The first-order valence-corrected chi connectivity index (χ1v) is 9.87. The molecule has 0 fully saturated rings. The van der Waals surface area contributed by atoms with Crippen molar-refractivity contribution in [2.24, 2.45) is 11.1 Å². The maximum absolute atomic E-state index is 12.8. The van der Waals surface area contributed by atoms with E-state index in [0.717, 1.165) is 4.57 Å². The molecule has 1 unspecified atom stereocenters. The molecule has 8 nitrogen and oxygen atoms in total. The van der Waals surface area contributed by atoms with Gasteiger partial charge >= 0.3 is 11.7 Å². The van der Waals surface area contributed by atoms with E-state index in [1.54, 1.807) is 51.3 Å². The van der Waals surface area contributed by atoms with Crippen LogP contribution in [0, 0.1) is 5.41 Å². The third-order valence-electron chi connectivity index (χ3n) is 4.06. The molecule has 0 bridgehead atoms. The van der Waals surface area contributed by atoms with Crippen molar-refractivity contribution in [3.8, 4) is 0 Å². The summed E-state index contributed by atoms with van der Waals surface area (Å²) in [6.45, 7) is 5.53. The first kappa shape index (κ1) is 20.1. The Labute approximate surface area is 154 Å². The summed E-state index contributed by atoms with van der Waals surface area (Å²) in [5.74, 6) is -0.384. The third kappa shape index (κ3) is 4.10. The van der Waals surface area contributed by atoms with Gasteiger partial charge in [-0.15, -0.1) is 0 Å². The number of para-hydroxylation sites is 2. The molecule has 2 amide bonds. The van der Waals surface area contributed by atoms with Gasteiger partial charge in [0.1, 0.15) is 11.8 Å². The molecule has 1 aromatic heterocycles. The number of benzene rings is 1. The van der Waals surface area contributed by atoms with Gasteiger partial charge in [0, 0.05) is 0 Å². The molecule has 142 valence electrons. The van der Waals surface area contributed by atoms with Crippen LogP contribution < -0.4 is 16.7 Å². The Hall–Kier alpha value is -2.26. The molecule has 9 heteroatoms. The van der Waals surface area contributed by atoms with Crippen molar-refractivity contribution >= 4 is 34.1 Å². The van der Waals surface area contributed by atoms with Gasteiger partial charge in [0.25, 0.3) is 0 Å². The van der Waals surface area contributed by atoms with E-state index in [1.165, 1.54) is 4.57 Å². The Morgan fingerprint density at radius 3 is 2.35 bits per heavy atom. The third-order valence-corrected chi connectivity index (χ3v) is 4.82. The van der Waals surface area contributed by atoms with Gasteiger partial charge in [0.15, 0.2) is 0 Å². The fourth-order valence-electron chi connectivity index (χ4n) is 2.74. The van der Waals surface area contributed by atoms with E-state index >= 15 is 0 Å². The summed E-state index contributed by atoms with van der Waals surface area (Å²) < 4.78 is 13.8. The molecule has 2 rings (SSSR count). The number of nitrogens with two attached hydrogens (primary N) is 1. The summed E-state index contributed by atoms with van der Waals surface area (Å²) in [6, 6.07) is 5.17. The van der Waals surface area contributed by atoms with Crippen LogP contribution in [0.2, 0.25) is 0 Å². The van der Waals surface area contributed by atoms with Crippen molar-refractivity contribution in [1.82, 2.24) is 14.5 Å². The molecule has 0 aliphatic rings. The van der Waals surface area contributed by atoms with Crippen molar-refractivity contribution in [1.29, 1.82) is 0 Å². The molecule has 1 aromatic carbocycles. The highest BCUT2D eigenvalue weighted by Crippen LogP contribution is 2.19. The van der Waals surface area contributed by atoms with Gasteiger partial charge in [-0.05, 0) is 17.5 Å². The minimum absolute atomic E-state index is 0.223. The maximum Gasteiger partial charge on any atom is 0.337 e. The fourth-order valence-corrected chi connectivity index (χ4v) is 3.18. The SMILES string of the molecule is C[S+]([O-])CCn1c(=O)n(C(=O)N[C@H](C(N)=O)C(C)(C)C)c2ccccc21. The smallest absolute Gasteiger partial charge is 0.337 e. The van der Waals surface area contributed by atoms with Gasteiger partial charge < -0.3 is 15.6 Å². The lowest BCUT2D eigenvalue weighted by molar-refractivity contribution is -0.122. The zero-order valence-corrected chi connectivity index (χ0v) is 16.1. The number of nitrogens with one attached hydrogen (secondary N) is 1. The second-order valence-corrected chi connectivity index (χ2v) is 8.74. The number of rotatable bonds is 5. The Morgan fingerprint density at radius 2 is 1.85 bits per heavy atom. The lowest BCUT2D eigenvalue weighted by atomic mass is 9.86. The highest BCUT2D eigenvalue weighted by atomic mass is 32.2. The molecular formula is C17H24N4O4S. The van der Waals surface area contributed by atoms with Crippen molar-refractivity contribution in [2.75, 3.05) is 12.0 Å². The normalized spacial score (nSPS) is 14.2. The number of aryl methyl sites for hydroxylation is 1. The highest BCUT2D eigenvalue weighted by Gasteiger charge is 2.32. The molecule has 1 heterocycles. The van der Waals surface area contributed by atoms with E-state index in [9.17, 15) is 18.9 Å². The van der Waals surface area contributed by atoms with Crippen LogP contribution in [-0.4, -0.2) is 43.7 Å². The summed E-state index contributed by atoms with van der Waals surface area (Å²) in [7, 11) is 0. The monoisotopic (exact) mass is 380 g/mol. The van der Waals surface area contributed by atoms with Crippen LogP contribution in [0.25, 0.3) is 11.0 Å². The predicted molar refractivity (Wildman–Crippen MR) is 101 cm³/mol. The fraction of sp³-hybridized carbons (Fsp3) is 0.471. The number of primary amides is 1. The molecule has 3 N–H and O–H groups in total. The van der Waals surface area contributed by atoms with E-state index in [1.807, 2.05) is 0 Å². The molecule has 2 atom stereocenters. The molecule has 0 radical (unpaired) electrons. The second kappa shape index (κ2) is 7.55. The standard InChI is InChI=1S/C17H24N4O4S/c1-17(2,3)13(14(18)22)19-15(23)21-12-8-6-5-7-11(12)20(16(21)24)9-10-26(4)25/h5-8,13H,9-10H2,1-4H3,(H2,18,22)(H,19,23)/t13-,26?/m1/s1. The Balaban J connectivity index is 2.49. The van der Waals surface area contributed by atoms with Crippen molar-refractivity contribution in [2.45, 2.75) is 33.4 Å². The van der Waals surface area contributed by atoms with Gasteiger partial charge in [-0.3, -0.25) is 9.36 Å². The van der Waals surface area contributed by atoms with Gasteiger partial charge in [0.2, 0.25) is 5.91 Å². The predicted octanol–water partition coefficient (Wildman–Crippen LogP) is 0.639. The van der Waals surface area contributed by atoms with E-state index < -0.39 is 40.3 Å². The summed E-state index contributed by atoms with van der Waals surface area (Å²) >= 11 is -1.08. The lowest BCUT2D eigenvalue weighted by Crippen LogP contribution is -2.54. The molecule has 26 heavy (non-hydrogen) atoms. The van der Waals surface area contributed by atoms with E-state index in [0.29, 0.717) is 16.8 Å². The van der Waals surface area contributed by atoms with Crippen LogP contribution in [0.4, 0.5) is 4.79 Å². The minimum atomic E-state index is -1.08. The van der Waals surface area contributed by atoms with Crippen LogP contribution in [-0.2, 0) is 22.5 Å². The van der Waals surface area contributed by atoms with Gasteiger partial charge in [-0.1, -0.05) is 44.1 Å². The van der Waals surface area contributed by atoms with Crippen LogP contribution in [0.15, 0.2) is 29.1 Å². The second-order valence-electron chi connectivity index (χ2n) is 7.19. The summed E-state index contributed by atoms with van der Waals surface area (Å²) in [5, 5.41) is 2.56. The van der Waals surface area contributed by atoms with Crippen LogP contribution >= 0.6 is 0 Å². The maximum atomic E-state index is 12.8. The first-order valence-electron chi connectivity index (χ1n) is 8.14. The van der Waals surface area contributed by atoms with Crippen molar-refractivity contribution < 1.29 is 14.1 Å². The molecule has 0 saturated heterocycles. The van der Waals surface area contributed by atoms with Gasteiger partial charge in [-0.2, -0.15) is 0 Å². The number of amides is 2. The topological polar surface area (TPSA) is 122 Å². The van der Waals surface area contributed by atoms with Crippen molar-refractivity contribution in [3.05, 3.63) is 34.7 Å². The number of carbonyl (C=O) groups excluding carboxylic acids is 2. The van der Waals surface area contributed by atoms with Crippen LogP contribution in [0.3, 0.4) is 0 Å². The molecular weight excluding hydrogens is 356 g/mol. The number of aromatic nitrogens is 2. The quantitative estimate of drug-likeness (QED) is 0.739. The van der Waals surface area contributed by atoms with Crippen LogP contribution in [0.5, 0.6) is 0 Å². The Morgan fingerprint density at radius 1 is 1.27 bits per heavy atom. The number of nitrogens with zero attached hydrogens (tertiary/aromatic N) is 2. The number of fused-ring (bicyclic) bond motifs is 1. The van der Waals surface area contributed by atoms with E-state index in [2.05, 4.69) is 5.32 Å². The Kier molecular flexibility index (Phi) is 5.82. The summed E-state index contributed by atoms with van der Waals surface area (Å²) in [4.78, 5) is 37.3. The largest absolute Gasteiger partial charge is 0.617 e. The number of hydrogen-bond acceptors (Lipinski definition) is 4. The van der Waals surface area contributed by atoms with Gasteiger partial charge in [0.05, 0.1) is 23.8 Å². The average Bonchev–Trinajstić information content (AvgIpc) is 2.80. The molecule has 0 saturated carbocycles. The number of imidazole rings is 1. The van der Waals surface area contributed by atoms with Gasteiger partial charge in [-0.25, -0.2) is 14.2 Å². The molecule has 0 aliphatic carbocycles. The lowest BCUT2D eigenvalue weighted by Gasteiger charge is -2.28. The summed E-state index contributed by atoms with van der Waals surface area (Å²) in [5.41, 5.74) is 5.22. The zero-order chi connectivity index (χ0) is 19.6. The van der Waals surface area contributed by atoms with E-state index in [4.69, 9.17) is 5.73 Å². The molecule has 2 aromatic rings. The first-order chi connectivity index (χ1) is 12.0. The number of hydrogen-bond donors (Lipinski definition) is 2. The number of carbonyl (C=O) groups is 2. The zero-order valence-electron chi connectivity index (χ0n) is 15.3. The average molecular weight is 380 g/mol. The molecule has 0 aliphatic heterocycles. The molecule has 0 spiro atoms. The summed E-state index contributed by atoms with van der Waals surface area (Å²) in [6.07, 6.45) is 1.55. The minimum Gasteiger partial charge on any atom is -0.617 e. The van der Waals surface area contributed by atoms with Crippen molar-refractivity contribution in [3.63, 3.8) is 0 Å². The highest BCUT2D eigenvalue weighted by molar-refractivity contribution is 7.90.